The summed E-state index contributed by atoms with van der Waals surface area (Å²) < 4.78 is 1.78. The number of thioether (sulfide) groups is 1. The van der Waals surface area contributed by atoms with E-state index < -0.39 is 0 Å². The van der Waals surface area contributed by atoms with Gasteiger partial charge in [-0.1, -0.05) is 35.5 Å². The molecule has 162 valence electrons. The van der Waals surface area contributed by atoms with Crippen LogP contribution in [0.5, 0.6) is 0 Å². The Hall–Kier alpha value is -2.84. The molecule has 2 aromatic carbocycles. The molecule has 0 saturated carbocycles. The van der Waals surface area contributed by atoms with E-state index >= 15 is 0 Å². The molecule has 2 N–H and O–H groups in total. The van der Waals surface area contributed by atoms with E-state index in [2.05, 4.69) is 20.8 Å². The standard InChI is InChI=1S/C22H24ClN5O2S/c1-13-6-5-7-18(14(13)2)25-19(29)12-31-22-27-26-20(28(22)4)15(3)24-21(30)16-8-10-17(23)11-9-16/h5-11,15H,12H2,1-4H3,(H,24,30)(H,25,29)/t15-/m1/s1. The fourth-order valence-corrected chi connectivity index (χ4v) is 3.82. The lowest BCUT2D eigenvalue weighted by molar-refractivity contribution is -0.113. The van der Waals surface area contributed by atoms with Gasteiger partial charge in [0.25, 0.3) is 5.91 Å². The number of amides is 2. The lowest BCUT2D eigenvalue weighted by Crippen LogP contribution is -2.28. The highest BCUT2D eigenvalue weighted by atomic mass is 35.5. The highest BCUT2D eigenvalue weighted by Gasteiger charge is 2.19. The molecule has 9 heteroatoms. The molecule has 0 fully saturated rings. The van der Waals surface area contributed by atoms with E-state index in [0.29, 0.717) is 21.6 Å². The highest BCUT2D eigenvalue weighted by molar-refractivity contribution is 7.99. The van der Waals surface area contributed by atoms with Crippen molar-refractivity contribution < 1.29 is 9.59 Å². The lowest BCUT2D eigenvalue weighted by atomic mass is 10.1. The molecule has 1 aromatic heterocycles. The number of carbonyl (C=O) groups excluding carboxylic acids is 2. The summed E-state index contributed by atoms with van der Waals surface area (Å²) >= 11 is 7.16. The van der Waals surface area contributed by atoms with Crippen molar-refractivity contribution in [1.82, 2.24) is 20.1 Å². The van der Waals surface area contributed by atoms with Crippen LogP contribution in [0.2, 0.25) is 5.02 Å². The second kappa shape index (κ2) is 9.98. The monoisotopic (exact) mass is 457 g/mol. The first-order valence-electron chi connectivity index (χ1n) is 9.71. The summed E-state index contributed by atoms with van der Waals surface area (Å²) in [6.07, 6.45) is 0. The molecule has 1 atom stereocenters. The van der Waals surface area contributed by atoms with Crippen LogP contribution in [0.4, 0.5) is 5.69 Å². The van der Waals surface area contributed by atoms with E-state index in [1.165, 1.54) is 11.8 Å². The molecule has 3 aromatic rings. The van der Waals surface area contributed by atoms with Crippen LogP contribution in [-0.2, 0) is 11.8 Å². The topological polar surface area (TPSA) is 88.9 Å². The molecule has 0 aliphatic rings. The Bertz CT molecular complexity index is 1100. The molecule has 1 heterocycles. The minimum Gasteiger partial charge on any atom is -0.342 e. The normalized spacial score (nSPS) is 11.8. The largest absolute Gasteiger partial charge is 0.342 e. The first-order chi connectivity index (χ1) is 14.8. The van der Waals surface area contributed by atoms with Crippen molar-refractivity contribution in [3.8, 4) is 0 Å². The van der Waals surface area contributed by atoms with E-state index in [4.69, 9.17) is 11.6 Å². The van der Waals surface area contributed by atoms with Gasteiger partial charge in [-0.25, -0.2) is 0 Å². The van der Waals surface area contributed by atoms with Gasteiger partial charge in [-0.15, -0.1) is 10.2 Å². The van der Waals surface area contributed by atoms with Crippen molar-refractivity contribution >= 4 is 40.9 Å². The third-order valence-electron chi connectivity index (χ3n) is 4.92. The number of nitrogens with one attached hydrogen (secondary N) is 2. The molecule has 3 rings (SSSR count). The summed E-state index contributed by atoms with van der Waals surface area (Å²) in [6, 6.07) is 12.1. The first kappa shape index (κ1) is 22.8. The number of halogens is 1. The molecule has 2 amide bonds. The van der Waals surface area contributed by atoms with Crippen LogP contribution in [0, 0.1) is 13.8 Å². The Morgan fingerprint density at radius 3 is 2.55 bits per heavy atom. The minimum atomic E-state index is -0.362. The highest BCUT2D eigenvalue weighted by Crippen LogP contribution is 2.22. The second-order valence-electron chi connectivity index (χ2n) is 7.19. The van der Waals surface area contributed by atoms with Crippen LogP contribution < -0.4 is 10.6 Å². The van der Waals surface area contributed by atoms with Crippen molar-refractivity contribution in [1.29, 1.82) is 0 Å². The van der Waals surface area contributed by atoms with Gasteiger partial charge in [-0.3, -0.25) is 9.59 Å². The lowest BCUT2D eigenvalue weighted by Gasteiger charge is -2.14. The zero-order chi connectivity index (χ0) is 22.5. The van der Waals surface area contributed by atoms with Crippen molar-refractivity contribution in [2.75, 3.05) is 11.1 Å². The fourth-order valence-electron chi connectivity index (χ4n) is 2.98. The van der Waals surface area contributed by atoms with Crippen LogP contribution in [0.1, 0.15) is 40.3 Å². The van der Waals surface area contributed by atoms with Crippen LogP contribution in [0.3, 0.4) is 0 Å². The predicted molar refractivity (Wildman–Crippen MR) is 124 cm³/mol. The Balaban J connectivity index is 1.59. The Labute approximate surface area is 190 Å². The van der Waals surface area contributed by atoms with Gasteiger partial charge >= 0.3 is 0 Å². The van der Waals surface area contributed by atoms with Gasteiger partial charge in [0.05, 0.1) is 11.8 Å². The van der Waals surface area contributed by atoms with E-state index in [1.807, 2.05) is 46.0 Å². The predicted octanol–water partition coefficient (Wildman–Crippen LogP) is 4.31. The van der Waals surface area contributed by atoms with Crippen molar-refractivity contribution in [3.05, 3.63) is 70.0 Å². The smallest absolute Gasteiger partial charge is 0.251 e. The first-order valence-corrected chi connectivity index (χ1v) is 11.1. The average Bonchev–Trinajstić information content (AvgIpc) is 3.11. The zero-order valence-corrected chi connectivity index (χ0v) is 19.3. The molecule has 0 bridgehead atoms. The van der Waals surface area contributed by atoms with Crippen molar-refractivity contribution in [2.45, 2.75) is 32.0 Å². The Kier molecular flexibility index (Phi) is 7.35. The summed E-state index contributed by atoms with van der Waals surface area (Å²) in [7, 11) is 1.81. The number of hydrogen-bond donors (Lipinski definition) is 2. The number of carbonyl (C=O) groups is 2. The van der Waals surface area contributed by atoms with E-state index in [1.54, 1.807) is 28.8 Å². The molecule has 0 aliphatic carbocycles. The number of nitrogens with zero attached hydrogens (tertiary/aromatic N) is 3. The van der Waals surface area contributed by atoms with Gasteiger partial charge in [-0.2, -0.15) is 0 Å². The molecule has 7 nitrogen and oxygen atoms in total. The maximum absolute atomic E-state index is 12.4. The molecular weight excluding hydrogens is 434 g/mol. The van der Waals surface area contributed by atoms with Gasteiger partial charge in [-0.05, 0) is 62.2 Å². The Morgan fingerprint density at radius 1 is 1.13 bits per heavy atom. The quantitative estimate of drug-likeness (QED) is 0.516. The Morgan fingerprint density at radius 2 is 1.84 bits per heavy atom. The molecule has 0 radical (unpaired) electrons. The summed E-state index contributed by atoms with van der Waals surface area (Å²) in [5, 5.41) is 15.4. The molecule has 0 aliphatic heterocycles. The van der Waals surface area contributed by atoms with Crippen LogP contribution in [-0.4, -0.2) is 32.3 Å². The fraction of sp³-hybridized carbons (Fsp3) is 0.273. The average molecular weight is 458 g/mol. The van der Waals surface area contributed by atoms with Gasteiger partial charge in [0, 0.05) is 23.3 Å². The third-order valence-corrected chi connectivity index (χ3v) is 6.19. The number of benzene rings is 2. The zero-order valence-electron chi connectivity index (χ0n) is 17.8. The van der Waals surface area contributed by atoms with Crippen LogP contribution in [0.15, 0.2) is 47.6 Å². The molecule has 0 saturated heterocycles. The number of hydrogen-bond acceptors (Lipinski definition) is 5. The van der Waals surface area contributed by atoms with E-state index in [-0.39, 0.29) is 23.6 Å². The van der Waals surface area contributed by atoms with Gasteiger partial charge in [0.15, 0.2) is 11.0 Å². The summed E-state index contributed by atoms with van der Waals surface area (Å²) in [5.41, 5.74) is 3.49. The number of rotatable bonds is 7. The summed E-state index contributed by atoms with van der Waals surface area (Å²) in [4.78, 5) is 24.8. The number of aryl methyl sites for hydroxylation is 1. The van der Waals surface area contributed by atoms with E-state index in [0.717, 1.165) is 16.8 Å². The SMILES string of the molecule is Cc1cccc(NC(=O)CSc2nnc([C@@H](C)NC(=O)c3ccc(Cl)cc3)n2C)c1C. The maximum atomic E-state index is 12.4. The van der Waals surface area contributed by atoms with Crippen LogP contribution >= 0.6 is 23.4 Å². The van der Waals surface area contributed by atoms with Gasteiger partial charge in [0.1, 0.15) is 0 Å². The summed E-state index contributed by atoms with van der Waals surface area (Å²) in [5.74, 6) is 0.451. The van der Waals surface area contributed by atoms with Crippen LogP contribution in [0.25, 0.3) is 0 Å². The third kappa shape index (κ3) is 5.65. The van der Waals surface area contributed by atoms with Gasteiger partial charge in [0.2, 0.25) is 5.91 Å². The van der Waals surface area contributed by atoms with E-state index in [9.17, 15) is 9.59 Å². The molecule has 0 unspecified atom stereocenters. The minimum absolute atomic E-state index is 0.118. The van der Waals surface area contributed by atoms with Crippen molar-refractivity contribution in [2.24, 2.45) is 7.05 Å². The van der Waals surface area contributed by atoms with Crippen molar-refractivity contribution in [3.63, 3.8) is 0 Å². The molecule has 0 spiro atoms. The second-order valence-corrected chi connectivity index (χ2v) is 8.57. The molecular formula is C22H24ClN5O2S. The maximum Gasteiger partial charge on any atom is 0.251 e. The summed E-state index contributed by atoms with van der Waals surface area (Å²) in [6.45, 7) is 5.82. The molecule has 31 heavy (non-hydrogen) atoms. The number of anilines is 1. The number of aromatic nitrogens is 3. The van der Waals surface area contributed by atoms with Gasteiger partial charge < -0.3 is 15.2 Å².